The Morgan fingerprint density at radius 1 is 1.27 bits per heavy atom. The molecule has 0 aliphatic heterocycles. The van der Waals surface area contributed by atoms with Crippen molar-refractivity contribution in [1.29, 1.82) is 0 Å². The molecule has 0 aromatic rings. The van der Waals surface area contributed by atoms with Crippen molar-refractivity contribution < 1.29 is 22.9 Å². The molecule has 120 valence electrons. The van der Waals surface area contributed by atoms with Gasteiger partial charge >= 0.3 is 0 Å². The quantitative estimate of drug-likeness (QED) is 0.748. The molecular formula is C19H26O3. The Kier molecular flexibility index (Phi) is 1.93. The number of carbonyl (C=O) groups is 2. The van der Waals surface area contributed by atoms with Gasteiger partial charge in [-0.3, -0.25) is 9.59 Å². The van der Waals surface area contributed by atoms with E-state index in [1.807, 2.05) is 6.92 Å². The molecule has 3 heteroatoms. The van der Waals surface area contributed by atoms with Crippen molar-refractivity contribution in [3.8, 4) is 0 Å². The predicted octanol–water partition coefficient (Wildman–Crippen LogP) is 3.06. The highest BCUT2D eigenvalue weighted by Crippen LogP contribution is 2.63. The highest BCUT2D eigenvalue weighted by Gasteiger charge is 2.60. The second-order valence-electron chi connectivity index (χ2n) is 7.77. The molecule has 0 spiro atoms. The van der Waals surface area contributed by atoms with E-state index in [2.05, 4.69) is 0 Å². The van der Waals surface area contributed by atoms with Crippen LogP contribution in [0.3, 0.4) is 0 Å². The van der Waals surface area contributed by atoms with E-state index in [1.54, 1.807) is 6.92 Å². The van der Waals surface area contributed by atoms with Crippen molar-refractivity contribution in [3.05, 3.63) is 11.6 Å². The number of Topliss-reactive ketones (excluding diaryl/α,β-unsaturated/α-hetero) is 1. The lowest BCUT2D eigenvalue weighted by Crippen LogP contribution is -2.53. The van der Waals surface area contributed by atoms with Gasteiger partial charge in [0.15, 0.2) is 5.78 Å². The van der Waals surface area contributed by atoms with Gasteiger partial charge in [0, 0.05) is 23.2 Å². The first-order valence-corrected chi connectivity index (χ1v) is 8.15. The van der Waals surface area contributed by atoms with Crippen LogP contribution in [0.2, 0.25) is 0 Å². The monoisotopic (exact) mass is 308 g/mol. The van der Waals surface area contributed by atoms with Gasteiger partial charge in [0.05, 0.1) is 8.82 Å². The van der Waals surface area contributed by atoms with Crippen molar-refractivity contribution in [2.45, 2.75) is 64.8 Å². The van der Waals surface area contributed by atoms with Crippen LogP contribution in [0.15, 0.2) is 11.6 Å². The van der Waals surface area contributed by atoms with Crippen molar-refractivity contribution >= 4 is 11.6 Å². The number of hydrogen-bond donors (Lipinski definition) is 1. The number of allylic oxidation sites excluding steroid dienone is 1. The first-order chi connectivity index (χ1) is 12.6. The topological polar surface area (TPSA) is 54.4 Å². The minimum absolute atomic E-state index is 0.130. The summed E-state index contributed by atoms with van der Waals surface area (Å²) in [7, 11) is 0. The Morgan fingerprint density at radius 3 is 2.77 bits per heavy atom. The zero-order valence-electron chi connectivity index (χ0n) is 19.0. The second-order valence-corrected chi connectivity index (χ2v) is 7.77. The highest BCUT2D eigenvalue weighted by molar-refractivity contribution is 5.96. The zero-order chi connectivity index (χ0) is 21.1. The first kappa shape index (κ1) is 9.36. The Labute approximate surface area is 140 Å². The minimum Gasteiger partial charge on any atom is -0.393 e. The van der Waals surface area contributed by atoms with Crippen LogP contribution in [0.1, 0.15) is 66.9 Å². The average molecular weight is 308 g/mol. The third-order valence-electron chi connectivity index (χ3n) is 6.79. The summed E-state index contributed by atoms with van der Waals surface area (Å²) in [6.07, 6.45) is -6.87. The largest absolute Gasteiger partial charge is 0.393 e. The van der Waals surface area contributed by atoms with Gasteiger partial charge in [-0.05, 0) is 61.7 Å². The number of fused-ring (bicyclic) bond motifs is 5. The average Bonchev–Trinajstić information content (AvgIpc) is 2.85. The van der Waals surface area contributed by atoms with Gasteiger partial charge in [-0.25, -0.2) is 0 Å². The molecule has 0 saturated heterocycles. The summed E-state index contributed by atoms with van der Waals surface area (Å²) >= 11 is 0. The van der Waals surface area contributed by atoms with Gasteiger partial charge in [0.1, 0.15) is 5.78 Å². The predicted molar refractivity (Wildman–Crippen MR) is 83.1 cm³/mol. The Hall–Kier alpha value is -0.960. The van der Waals surface area contributed by atoms with E-state index in [0.29, 0.717) is 25.7 Å². The van der Waals surface area contributed by atoms with Crippen molar-refractivity contribution in [2.24, 2.45) is 28.6 Å². The third-order valence-corrected chi connectivity index (χ3v) is 6.79. The first-order valence-electron chi connectivity index (χ1n) is 11.1. The van der Waals surface area contributed by atoms with Crippen LogP contribution < -0.4 is 0 Å². The summed E-state index contributed by atoms with van der Waals surface area (Å²) in [5.41, 5.74) is -2.02. The molecule has 0 radical (unpaired) electrons. The molecule has 0 amide bonds. The molecule has 0 aromatic carbocycles. The smallest absolute Gasteiger partial charge is 0.159 e. The van der Waals surface area contributed by atoms with Crippen LogP contribution in [0.25, 0.3) is 0 Å². The molecule has 4 aliphatic rings. The van der Waals surface area contributed by atoms with Crippen LogP contribution in [-0.2, 0) is 9.59 Å². The van der Waals surface area contributed by atoms with Crippen LogP contribution in [0, 0.1) is 28.6 Å². The van der Waals surface area contributed by atoms with Gasteiger partial charge < -0.3 is 5.11 Å². The van der Waals surface area contributed by atoms with E-state index in [9.17, 15) is 14.7 Å². The van der Waals surface area contributed by atoms with Gasteiger partial charge in [-0.15, -0.1) is 0 Å². The summed E-state index contributed by atoms with van der Waals surface area (Å²) < 4.78 is 49.7. The molecule has 22 heavy (non-hydrogen) atoms. The Balaban J connectivity index is 1.93. The molecule has 0 bridgehead atoms. The minimum atomic E-state index is -3.10. The number of hydrogen-bond acceptors (Lipinski definition) is 3. The molecule has 4 aliphatic carbocycles. The number of rotatable bonds is 0. The van der Waals surface area contributed by atoms with Gasteiger partial charge in [0.25, 0.3) is 0 Å². The van der Waals surface area contributed by atoms with E-state index >= 15 is 0 Å². The molecule has 3 saturated carbocycles. The molecule has 6 atom stereocenters. The fraction of sp³-hybridized carbons (Fsp3) is 0.789. The Morgan fingerprint density at radius 2 is 2.00 bits per heavy atom. The number of aliphatic hydroxyl groups is 1. The second kappa shape index (κ2) is 4.53. The normalized spacial score (nSPS) is 63.3. The molecule has 3 nitrogen and oxygen atoms in total. The molecular weight excluding hydrogens is 276 g/mol. The zero-order valence-corrected chi connectivity index (χ0v) is 13.0. The maximum absolute atomic E-state index is 13.2. The van der Waals surface area contributed by atoms with Crippen LogP contribution in [-0.4, -0.2) is 22.8 Å². The summed E-state index contributed by atoms with van der Waals surface area (Å²) in [5.74, 6) is -1.64. The van der Waals surface area contributed by atoms with E-state index in [4.69, 9.17) is 8.22 Å². The molecule has 0 aromatic heterocycles. The van der Waals surface area contributed by atoms with Crippen LogP contribution in [0.4, 0.5) is 0 Å². The van der Waals surface area contributed by atoms with Gasteiger partial charge in [-0.2, -0.15) is 0 Å². The van der Waals surface area contributed by atoms with E-state index in [0.717, 1.165) is 0 Å². The summed E-state index contributed by atoms with van der Waals surface area (Å²) in [4.78, 5) is 25.7. The van der Waals surface area contributed by atoms with Crippen molar-refractivity contribution in [2.75, 3.05) is 0 Å². The molecule has 0 heterocycles. The fourth-order valence-electron chi connectivity index (χ4n) is 5.35. The molecule has 4 rings (SSSR count). The van der Waals surface area contributed by atoms with E-state index in [-0.39, 0.29) is 23.7 Å². The van der Waals surface area contributed by atoms with Gasteiger partial charge in [0.2, 0.25) is 0 Å². The molecule has 1 N–H and O–H groups in total. The maximum Gasteiger partial charge on any atom is 0.159 e. The summed E-state index contributed by atoms with van der Waals surface area (Å²) in [5, 5.41) is 10.5. The van der Waals surface area contributed by atoms with Crippen molar-refractivity contribution in [3.63, 3.8) is 0 Å². The van der Waals surface area contributed by atoms with Crippen LogP contribution >= 0.6 is 0 Å². The highest BCUT2D eigenvalue weighted by atomic mass is 16.3. The standard InChI is InChI=1S/C19H26O3/c1-18-7-5-12(20)9-11(18)10-15(21)17-13-3-4-16(22)19(13,2)8-6-14(17)18/h10,12-14,17,20H,3-9H2,1-2H3/t12-,13-,14-,17-,18-,19-/m0/s1/i5D2,9D2,10D,12D. The fourth-order valence-corrected chi connectivity index (χ4v) is 5.35. The lowest BCUT2D eigenvalue weighted by atomic mass is 9.48. The molecule has 3 fully saturated rings. The maximum atomic E-state index is 13.2. The van der Waals surface area contributed by atoms with Gasteiger partial charge in [-0.1, -0.05) is 19.4 Å². The third kappa shape index (κ3) is 1.72. The Bertz CT molecular complexity index is 818. The van der Waals surface area contributed by atoms with Crippen molar-refractivity contribution in [1.82, 2.24) is 0 Å². The number of carbonyl (C=O) groups excluding carboxylic acids is 2. The lowest BCUT2D eigenvalue weighted by molar-refractivity contribution is -0.139. The van der Waals surface area contributed by atoms with E-state index in [1.165, 1.54) is 0 Å². The van der Waals surface area contributed by atoms with Crippen LogP contribution in [0.5, 0.6) is 0 Å². The number of ketones is 2. The molecule has 0 unspecified atom stereocenters. The lowest BCUT2D eigenvalue weighted by Gasteiger charge is -2.55. The van der Waals surface area contributed by atoms with E-state index < -0.39 is 53.3 Å². The summed E-state index contributed by atoms with van der Waals surface area (Å²) in [6, 6.07) is -0.543. The summed E-state index contributed by atoms with van der Waals surface area (Å²) in [6.45, 7) is 3.55. The SMILES string of the molecule is [2H]C1=C2C([2H])([2H])[C@@]([2H])(O)C([2H])([2H])C[C@]2(C)[C@H]2CC[C@]3(C)C(=O)CC[C@H]3[C@@H]2C1=O.